The Bertz CT molecular complexity index is 758. The van der Waals surface area contributed by atoms with E-state index < -0.39 is 30.7 Å². The summed E-state index contributed by atoms with van der Waals surface area (Å²) in [5, 5.41) is 0. The van der Waals surface area contributed by atoms with Crippen molar-refractivity contribution in [1.82, 2.24) is 0 Å². The average Bonchev–Trinajstić information content (AvgIpc) is 2.44. The Labute approximate surface area is 128 Å². The summed E-state index contributed by atoms with van der Waals surface area (Å²) < 4.78 is 62.6. The van der Waals surface area contributed by atoms with Crippen LogP contribution in [0.15, 0.2) is 60.7 Å². The zero-order valence-corrected chi connectivity index (χ0v) is 12.9. The van der Waals surface area contributed by atoms with Gasteiger partial charge in [-0.1, -0.05) is 60.7 Å². The summed E-state index contributed by atoms with van der Waals surface area (Å²) in [5.74, 6) is -1.26. The van der Waals surface area contributed by atoms with E-state index in [9.17, 15) is 25.9 Å². The van der Waals surface area contributed by atoms with Gasteiger partial charge in [0.25, 0.3) is 20.2 Å². The van der Waals surface area contributed by atoms with Crippen LogP contribution < -0.4 is 0 Å². The highest BCUT2D eigenvalue weighted by Gasteiger charge is 2.44. The summed E-state index contributed by atoms with van der Waals surface area (Å²) in [6, 6.07) is 15.9. The molecule has 0 radical (unpaired) electrons. The Hall–Kier alpha value is -1.74. The summed E-state index contributed by atoms with van der Waals surface area (Å²) in [7, 11) is -10.1. The molecule has 2 aromatic carbocycles. The standard InChI is InChI=1S/C14H14O6S2/c15-21(16,17)14(22(18,19)20)13(11-7-3-1-4-8-11)12-9-5-2-6-10-12/h1-10,13-14H,(H,15,16,17)(H,18,19,20). The minimum Gasteiger partial charge on any atom is -0.284 e. The first-order chi connectivity index (χ1) is 10.2. The van der Waals surface area contributed by atoms with Gasteiger partial charge in [0.1, 0.15) is 0 Å². The predicted octanol–water partition coefficient (Wildman–Crippen LogP) is 1.92. The summed E-state index contributed by atoms with van der Waals surface area (Å²) in [6.07, 6.45) is 0. The maximum atomic E-state index is 11.6. The van der Waals surface area contributed by atoms with Crippen LogP contribution in [0.1, 0.15) is 17.0 Å². The minimum atomic E-state index is -5.06. The Morgan fingerprint density at radius 1 is 0.636 bits per heavy atom. The van der Waals surface area contributed by atoms with Crippen molar-refractivity contribution in [3.8, 4) is 0 Å². The van der Waals surface area contributed by atoms with E-state index in [1.807, 2.05) is 0 Å². The first-order valence-electron chi connectivity index (χ1n) is 6.24. The van der Waals surface area contributed by atoms with Gasteiger partial charge in [-0.2, -0.15) is 16.8 Å². The van der Waals surface area contributed by atoms with Gasteiger partial charge < -0.3 is 0 Å². The zero-order valence-electron chi connectivity index (χ0n) is 11.3. The third kappa shape index (κ3) is 3.72. The highest BCUT2D eigenvalue weighted by atomic mass is 32.3. The fraction of sp³-hybridized carbons (Fsp3) is 0.143. The van der Waals surface area contributed by atoms with E-state index >= 15 is 0 Å². The number of hydrogen-bond acceptors (Lipinski definition) is 4. The van der Waals surface area contributed by atoms with Crippen molar-refractivity contribution in [1.29, 1.82) is 0 Å². The summed E-state index contributed by atoms with van der Waals surface area (Å²) in [5.41, 5.74) is 0.683. The van der Waals surface area contributed by atoms with Gasteiger partial charge in [0, 0.05) is 5.92 Å². The SMILES string of the molecule is O=S(=O)(O)C(C(c1ccccc1)c1ccccc1)S(=O)(=O)O. The molecule has 2 rings (SSSR count). The summed E-state index contributed by atoms with van der Waals surface area (Å²) >= 11 is 0. The van der Waals surface area contributed by atoms with Crippen LogP contribution in [0, 0.1) is 0 Å². The van der Waals surface area contributed by atoms with Crippen molar-refractivity contribution in [3.05, 3.63) is 71.8 Å². The average molecular weight is 342 g/mol. The second-order valence-corrected chi connectivity index (χ2v) is 8.07. The van der Waals surface area contributed by atoms with Crippen molar-refractivity contribution in [2.75, 3.05) is 0 Å². The zero-order chi connectivity index (χ0) is 16.4. The van der Waals surface area contributed by atoms with Gasteiger partial charge in [-0.3, -0.25) is 9.11 Å². The maximum absolute atomic E-state index is 11.6. The lowest BCUT2D eigenvalue weighted by molar-refractivity contribution is 0.448. The molecule has 6 nitrogen and oxygen atoms in total. The predicted molar refractivity (Wildman–Crippen MR) is 81.6 cm³/mol. The Morgan fingerprint density at radius 2 is 0.955 bits per heavy atom. The molecule has 0 fully saturated rings. The molecule has 0 atom stereocenters. The smallest absolute Gasteiger partial charge is 0.284 e. The van der Waals surface area contributed by atoms with Crippen LogP contribution in [0.3, 0.4) is 0 Å². The fourth-order valence-electron chi connectivity index (χ4n) is 2.33. The van der Waals surface area contributed by atoms with Gasteiger partial charge in [-0.25, -0.2) is 0 Å². The van der Waals surface area contributed by atoms with Crippen LogP contribution in [0.4, 0.5) is 0 Å². The molecular formula is C14H14O6S2. The van der Waals surface area contributed by atoms with Crippen LogP contribution in [0.2, 0.25) is 0 Å². The molecule has 2 aromatic rings. The molecule has 0 bridgehead atoms. The first-order valence-corrected chi connectivity index (χ1v) is 9.24. The van der Waals surface area contributed by atoms with E-state index in [0.717, 1.165) is 0 Å². The van der Waals surface area contributed by atoms with Crippen molar-refractivity contribution in [3.63, 3.8) is 0 Å². The van der Waals surface area contributed by atoms with Crippen molar-refractivity contribution in [2.45, 2.75) is 10.5 Å². The molecule has 118 valence electrons. The van der Waals surface area contributed by atoms with Gasteiger partial charge >= 0.3 is 0 Å². The van der Waals surface area contributed by atoms with Gasteiger partial charge in [-0.05, 0) is 11.1 Å². The van der Waals surface area contributed by atoms with Gasteiger partial charge in [-0.15, -0.1) is 0 Å². The summed E-state index contributed by atoms with van der Waals surface area (Å²) in [6.45, 7) is 0. The maximum Gasteiger partial charge on any atom is 0.285 e. The molecule has 0 saturated heterocycles. The van der Waals surface area contributed by atoms with Crippen LogP contribution in [-0.4, -0.2) is 30.5 Å². The van der Waals surface area contributed by atoms with Crippen molar-refractivity contribution < 1.29 is 25.9 Å². The van der Waals surface area contributed by atoms with E-state index in [2.05, 4.69) is 0 Å². The third-order valence-corrected chi connectivity index (χ3v) is 6.35. The summed E-state index contributed by atoms with van der Waals surface area (Å²) in [4.78, 5) is 0. The normalized spacial score (nSPS) is 12.7. The van der Waals surface area contributed by atoms with E-state index in [-0.39, 0.29) is 0 Å². The molecule has 0 aliphatic heterocycles. The van der Waals surface area contributed by atoms with Crippen LogP contribution in [0.25, 0.3) is 0 Å². The lowest BCUT2D eigenvalue weighted by atomic mass is 9.93. The lowest BCUT2D eigenvalue weighted by Crippen LogP contribution is -2.36. The van der Waals surface area contributed by atoms with Crippen molar-refractivity contribution in [2.24, 2.45) is 0 Å². The Balaban J connectivity index is 2.73. The van der Waals surface area contributed by atoms with E-state index in [1.54, 1.807) is 36.4 Å². The molecule has 0 saturated carbocycles. The number of hydrogen-bond donors (Lipinski definition) is 2. The topological polar surface area (TPSA) is 109 Å². The highest BCUT2D eigenvalue weighted by molar-refractivity contribution is 8.04. The van der Waals surface area contributed by atoms with Crippen LogP contribution >= 0.6 is 0 Å². The lowest BCUT2D eigenvalue weighted by Gasteiger charge is -2.23. The second kappa shape index (κ2) is 6.17. The van der Waals surface area contributed by atoms with Gasteiger partial charge in [0.15, 0.2) is 0 Å². The molecule has 2 N–H and O–H groups in total. The molecule has 22 heavy (non-hydrogen) atoms. The number of benzene rings is 2. The highest BCUT2D eigenvalue weighted by Crippen LogP contribution is 2.34. The second-order valence-electron chi connectivity index (χ2n) is 4.70. The molecular weight excluding hydrogens is 328 g/mol. The van der Waals surface area contributed by atoms with Gasteiger partial charge in [0.2, 0.25) is 4.58 Å². The van der Waals surface area contributed by atoms with Crippen LogP contribution in [0.5, 0.6) is 0 Å². The quantitative estimate of drug-likeness (QED) is 0.804. The molecule has 0 aromatic heterocycles. The largest absolute Gasteiger partial charge is 0.285 e. The van der Waals surface area contributed by atoms with Gasteiger partial charge in [0.05, 0.1) is 0 Å². The fourth-order valence-corrected chi connectivity index (χ4v) is 4.87. The first kappa shape index (κ1) is 16.6. The molecule has 0 heterocycles. The molecule has 0 aliphatic carbocycles. The Morgan fingerprint density at radius 3 is 1.23 bits per heavy atom. The Kier molecular flexibility index (Phi) is 4.66. The monoisotopic (exact) mass is 342 g/mol. The molecule has 0 unspecified atom stereocenters. The number of rotatable bonds is 5. The van der Waals surface area contributed by atoms with Crippen LogP contribution in [-0.2, 0) is 20.2 Å². The van der Waals surface area contributed by atoms with Crippen molar-refractivity contribution >= 4 is 20.2 Å². The van der Waals surface area contributed by atoms with E-state index in [4.69, 9.17) is 0 Å². The molecule has 0 spiro atoms. The third-order valence-electron chi connectivity index (χ3n) is 3.18. The van der Waals surface area contributed by atoms with E-state index in [0.29, 0.717) is 11.1 Å². The molecule has 0 amide bonds. The molecule has 0 aliphatic rings. The molecule has 8 heteroatoms. The minimum absolute atomic E-state index is 0.342. The van der Waals surface area contributed by atoms with E-state index in [1.165, 1.54) is 24.3 Å².